The molecule has 2 unspecified atom stereocenters. The minimum Gasteiger partial charge on any atom is -0.373 e. The number of carbonyl (C=O) groups is 1. The zero-order valence-corrected chi connectivity index (χ0v) is 17.2. The van der Waals surface area contributed by atoms with Gasteiger partial charge in [0, 0.05) is 25.7 Å². The fourth-order valence-corrected chi connectivity index (χ4v) is 3.78. The number of benzene rings is 1. The molecule has 3 rings (SSSR count). The van der Waals surface area contributed by atoms with E-state index in [4.69, 9.17) is 27.9 Å². The van der Waals surface area contributed by atoms with E-state index in [0.717, 1.165) is 37.4 Å². The lowest BCUT2D eigenvalue weighted by Gasteiger charge is -2.35. The van der Waals surface area contributed by atoms with Crippen LogP contribution in [0.3, 0.4) is 0 Å². The van der Waals surface area contributed by atoms with Crippen LogP contribution in [0.1, 0.15) is 32.4 Å². The van der Waals surface area contributed by atoms with Gasteiger partial charge in [-0.3, -0.25) is 9.69 Å². The number of ketones is 1. The molecule has 7 heteroatoms. The Balaban J connectivity index is 1.47. The van der Waals surface area contributed by atoms with Gasteiger partial charge in [0.25, 0.3) is 0 Å². The summed E-state index contributed by atoms with van der Waals surface area (Å²) in [4.78, 5) is 14.7. The molecule has 0 saturated carbocycles. The first-order chi connectivity index (χ1) is 12.9. The molecule has 1 aliphatic heterocycles. The van der Waals surface area contributed by atoms with Crippen molar-refractivity contribution < 1.29 is 9.53 Å². The molecule has 1 fully saturated rings. The Labute approximate surface area is 170 Å². The highest BCUT2D eigenvalue weighted by atomic mass is 35.5. The highest BCUT2D eigenvalue weighted by Gasteiger charge is 2.21. The minimum absolute atomic E-state index is 0.212. The number of rotatable bonds is 7. The Bertz CT molecular complexity index is 783. The van der Waals surface area contributed by atoms with Gasteiger partial charge in [-0.2, -0.15) is 5.10 Å². The summed E-state index contributed by atoms with van der Waals surface area (Å²) in [6.45, 7) is 7.00. The molecule has 5 nitrogen and oxygen atoms in total. The van der Waals surface area contributed by atoms with Crippen molar-refractivity contribution in [2.75, 3.05) is 19.6 Å². The third-order valence-electron chi connectivity index (χ3n) is 4.62. The van der Waals surface area contributed by atoms with Crippen molar-refractivity contribution >= 4 is 29.0 Å². The average molecular weight is 410 g/mol. The van der Waals surface area contributed by atoms with Gasteiger partial charge in [0.05, 0.1) is 40.1 Å². The van der Waals surface area contributed by atoms with Gasteiger partial charge in [-0.1, -0.05) is 23.2 Å². The Morgan fingerprint density at radius 1 is 1.19 bits per heavy atom. The number of ether oxygens (including phenoxy) is 1. The van der Waals surface area contributed by atoms with Gasteiger partial charge < -0.3 is 4.74 Å². The van der Waals surface area contributed by atoms with Gasteiger partial charge in [-0.05, 0) is 51.1 Å². The molecule has 2 aromatic rings. The van der Waals surface area contributed by atoms with E-state index in [0.29, 0.717) is 22.9 Å². The van der Waals surface area contributed by atoms with Crippen LogP contribution in [0, 0.1) is 0 Å². The number of morpholine rings is 1. The van der Waals surface area contributed by atoms with E-state index in [9.17, 15) is 4.79 Å². The van der Waals surface area contributed by atoms with Crippen molar-refractivity contribution in [1.82, 2.24) is 14.7 Å². The molecule has 2 heterocycles. The van der Waals surface area contributed by atoms with E-state index in [1.807, 2.05) is 18.3 Å². The second-order valence-corrected chi connectivity index (χ2v) is 8.00. The van der Waals surface area contributed by atoms with Crippen molar-refractivity contribution in [3.05, 3.63) is 46.2 Å². The van der Waals surface area contributed by atoms with Gasteiger partial charge in [0.15, 0.2) is 0 Å². The molecule has 1 aromatic heterocycles. The third-order valence-corrected chi connectivity index (χ3v) is 5.35. The van der Waals surface area contributed by atoms with Crippen molar-refractivity contribution in [3.63, 3.8) is 0 Å². The minimum atomic E-state index is 0.212. The molecular weight excluding hydrogens is 385 g/mol. The lowest BCUT2D eigenvalue weighted by atomic mass is 10.1. The summed E-state index contributed by atoms with van der Waals surface area (Å²) in [6.07, 6.45) is 4.14. The van der Waals surface area contributed by atoms with Crippen LogP contribution in [0.5, 0.6) is 0 Å². The molecule has 146 valence electrons. The van der Waals surface area contributed by atoms with Gasteiger partial charge in [-0.15, -0.1) is 0 Å². The van der Waals surface area contributed by atoms with E-state index >= 15 is 0 Å². The number of halogens is 2. The highest BCUT2D eigenvalue weighted by Crippen LogP contribution is 2.24. The second-order valence-electron chi connectivity index (χ2n) is 7.19. The topological polar surface area (TPSA) is 47.4 Å². The Hall–Kier alpha value is -1.40. The number of hydrogen-bond acceptors (Lipinski definition) is 4. The van der Waals surface area contributed by atoms with Crippen molar-refractivity contribution in [2.24, 2.45) is 0 Å². The van der Waals surface area contributed by atoms with Gasteiger partial charge >= 0.3 is 0 Å². The molecule has 2 atom stereocenters. The van der Waals surface area contributed by atoms with E-state index in [2.05, 4.69) is 23.8 Å². The van der Waals surface area contributed by atoms with Crippen LogP contribution in [-0.2, 0) is 16.0 Å². The Morgan fingerprint density at radius 3 is 2.63 bits per heavy atom. The van der Waals surface area contributed by atoms with Crippen LogP contribution >= 0.6 is 23.2 Å². The molecule has 1 saturated heterocycles. The molecule has 0 radical (unpaired) electrons. The molecule has 27 heavy (non-hydrogen) atoms. The Morgan fingerprint density at radius 2 is 1.93 bits per heavy atom. The summed E-state index contributed by atoms with van der Waals surface area (Å²) in [7, 11) is 0. The smallest absolute Gasteiger partial charge is 0.138 e. The molecule has 1 aromatic carbocycles. The molecule has 0 N–H and O–H groups in total. The first-order valence-electron chi connectivity index (χ1n) is 9.30. The number of Topliss-reactive ketones (excluding diaryl/α,β-unsaturated/α-hetero) is 1. The van der Waals surface area contributed by atoms with Crippen molar-refractivity contribution in [1.29, 1.82) is 0 Å². The third kappa shape index (κ3) is 5.79. The fourth-order valence-electron chi connectivity index (χ4n) is 3.48. The maximum absolute atomic E-state index is 12.3. The zero-order valence-electron chi connectivity index (χ0n) is 15.7. The lowest BCUT2D eigenvalue weighted by Crippen LogP contribution is -2.45. The molecule has 1 aliphatic rings. The lowest BCUT2D eigenvalue weighted by molar-refractivity contribution is -0.118. The van der Waals surface area contributed by atoms with E-state index in [-0.39, 0.29) is 18.0 Å². The number of nitrogens with zero attached hydrogens (tertiary/aromatic N) is 3. The quantitative estimate of drug-likeness (QED) is 0.687. The summed E-state index contributed by atoms with van der Waals surface area (Å²) >= 11 is 12.0. The first-order valence-corrected chi connectivity index (χ1v) is 10.1. The number of carbonyl (C=O) groups excluding carboxylic acids is 1. The number of aromatic nitrogens is 2. The average Bonchev–Trinajstić information content (AvgIpc) is 3.05. The van der Waals surface area contributed by atoms with Crippen molar-refractivity contribution in [2.45, 2.75) is 45.3 Å². The number of hydrogen-bond donors (Lipinski definition) is 0. The second kappa shape index (κ2) is 9.20. The first kappa shape index (κ1) is 20.3. The van der Waals surface area contributed by atoms with Crippen LogP contribution in [0.15, 0.2) is 30.5 Å². The maximum Gasteiger partial charge on any atom is 0.138 e. The van der Waals surface area contributed by atoms with Crippen molar-refractivity contribution in [3.8, 4) is 5.69 Å². The van der Waals surface area contributed by atoms with Crippen LogP contribution in [0.4, 0.5) is 0 Å². The summed E-state index contributed by atoms with van der Waals surface area (Å²) < 4.78 is 7.45. The van der Waals surface area contributed by atoms with Gasteiger partial charge in [-0.25, -0.2) is 4.68 Å². The predicted octanol–water partition coefficient (Wildman–Crippen LogP) is 4.18. The normalized spacial score (nSPS) is 20.7. The standard InChI is InChI=1S/C20H25Cl2N3O2/c1-14-12-24(13-15(2)27-14)8-3-4-18(26)10-16-7-9-25(23-16)17-5-6-19(21)20(22)11-17/h5-7,9,11,14-15H,3-4,8,10,12-13H2,1-2H3. The molecular formula is C20H25Cl2N3O2. The predicted molar refractivity (Wildman–Crippen MR) is 108 cm³/mol. The van der Waals surface area contributed by atoms with Crippen LogP contribution in [0.2, 0.25) is 10.0 Å². The van der Waals surface area contributed by atoms with E-state index < -0.39 is 0 Å². The summed E-state index contributed by atoms with van der Waals surface area (Å²) in [5, 5.41) is 5.46. The molecule has 0 amide bonds. The molecule has 0 aliphatic carbocycles. The maximum atomic E-state index is 12.3. The highest BCUT2D eigenvalue weighted by molar-refractivity contribution is 6.42. The SMILES string of the molecule is CC1CN(CCCC(=O)Cc2ccn(-c3ccc(Cl)c(Cl)c3)n2)CC(C)O1. The fraction of sp³-hybridized carbons (Fsp3) is 0.500. The molecule has 0 bridgehead atoms. The van der Waals surface area contributed by atoms with E-state index in [1.165, 1.54) is 0 Å². The van der Waals surface area contributed by atoms with Crippen LogP contribution < -0.4 is 0 Å². The monoisotopic (exact) mass is 409 g/mol. The summed E-state index contributed by atoms with van der Waals surface area (Å²) in [6, 6.07) is 7.20. The van der Waals surface area contributed by atoms with E-state index in [1.54, 1.807) is 16.8 Å². The zero-order chi connectivity index (χ0) is 19.4. The van der Waals surface area contributed by atoms with Gasteiger partial charge in [0.1, 0.15) is 5.78 Å². The molecule has 0 spiro atoms. The van der Waals surface area contributed by atoms with Crippen LogP contribution in [0.25, 0.3) is 5.69 Å². The largest absolute Gasteiger partial charge is 0.373 e. The van der Waals surface area contributed by atoms with Crippen LogP contribution in [-0.4, -0.2) is 52.3 Å². The van der Waals surface area contributed by atoms with Gasteiger partial charge in [0.2, 0.25) is 0 Å². The summed E-state index contributed by atoms with van der Waals surface area (Å²) in [5.41, 5.74) is 1.58. The Kier molecular flexibility index (Phi) is 6.93. The summed E-state index contributed by atoms with van der Waals surface area (Å²) in [5.74, 6) is 0.212.